The predicted octanol–water partition coefficient (Wildman–Crippen LogP) is 4.07. The lowest BCUT2D eigenvalue weighted by Crippen LogP contribution is -2.47. The SMILES string of the molecule is COC1=C(C(=O)Nc2ccccc2)SCC1(Oc1cccc(C(F)(F)F)c1)S(C)(=O)=O. The minimum absolute atomic E-state index is 0.0382. The normalized spacial score (nSPS) is 19.3. The first kappa shape index (κ1) is 23.0. The lowest BCUT2D eigenvalue weighted by atomic mass is 10.2. The highest BCUT2D eigenvalue weighted by Crippen LogP contribution is 2.46. The van der Waals surface area contributed by atoms with Gasteiger partial charge in [0.25, 0.3) is 10.8 Å². The van der Waals surface area contributed by atoms with Gasteiger partial charge in [0, 0.05) is 11.9 Å². The molecule has 1 heterocycles. The number of methoxy groups -OCH3 is 1. The van der Waals surface area contributed by atoms with Crippen molar-refractivity contribution in [1.29, 1.82) is 0 Å². The Morgan fingerprint density at radius 2 is 1.81 bits per heavy atom. The van der Waals surface area contributed by atoms with Gasteiger partial charge >= 0.3 is 6.18 Å². The number of amides is 1. The lowest BCUT2D eigenvalue weighted by Gasteiger charge is -2.30. The highest BCUT2D eigenvalue weighted by atomic mass is 32.2. The summed E-state index contributed by atoms with van der Waals surface area (Å²) in [7, 11) is -2.93. The van der Waals surface area contributed by atoms with E-state index in [-0.39, 0.29) is 22.2 Å². The summed E-state index contributed by atoms with van der Waals surface area (Å²) in [6.07, 6.45) is -3.76. The number of anilines is 1. The molecule has 11 heteroatoms. The van der Waals surface area contributed by atoms with Crippen LogP contribution < -0.4 is 10.1 Å². The van der Waals surface area contributed by atoms with E-state index in [0.717, 1.165) is 30.2 Å². The molecule has 2 aromatic carbocycles. The molecule has 0 bridgehead atoms. The lowest BCUT2D eigenvalue weighted by molar-refractivity contribution is -0.137. The van der Waals surface area contributed by atoms with Crippen LogP contribution in [0.25, 0.3) is 0 Å². The van der Waals surface area contributed by atoms with E-state index in [1.54, 1.807) is 30.3 Å². The van der Waals surface area contributed by atoms with Crippen LogP contribution in [0.4, 0.5) is 18.9 Å². The zero-order valence-corrected chi connectivity index (χ0v) is 18.0. The van der Waals surface area contributed by atoms with Gasteiger partial charge in [-0.15, -0.1) is 11.8 Å². The van der Waals surface area contributed by atoms with Crippen molar-refractivity contribution in [2.24, 2.45) is 0 Å². The molecule has 1 amide bonds. The smallest absolute Gasteiger partial charge is 0.416 e. The van der Waals surface area contributed by atoms with Gasteiger partial charge in [-0.3, -0.25) is 4.79 Å². The van der Waals surface area contributed by atoms with Crippen molar-refractivity contribution in [1.82, 2.24) is 0 Å². The Balaban J connectivity index is 2.03. The first-order valence-corrected chi connectivity index (χ1v) is 11.7. The van der Waals surface area contributed by atoms with Crippen LogP contribution in [0.15, 0.2) is 65.3 Å². The van der Waals surface area contributed by atoms with E-state index in [4.69, 9.17) is 9.47 Å². The largest absolute Gasteiger partial charge is 0.494 e. The van der Waals surface area contributed by atoms with Gasteiger partial charge in [0.1, 0.15) is 10.7 Å². The summed E-state index contributed by atoms with van der Waals surface area (Å²) in [5, 5.41) is 2.63. The summed E-state index contributed by atoms with van der Waals surface area (Å²) < 4.78 is 75.5. The molecule has 0 radical (unpaired) electrons. The Hall–Kier alpha value is -2.66. The summed E-state index contributed by atoms with van der Waals surface area (Å²) in [4.78, 5) is 10.6. The minimum Gasteiger partial charge on any atom is -0.494 e. The van der Waals surface area contributed by atoms with Gasteiger partial charge in [0.15, 0.2) is 15.6 Å². The topological polar surface area (TPSA) is 81.7 Å². The second-order valence-corrected chi connectivity index (χ2v) is 9.81. The number of ether oxygens (including phenoxy) is 2. The molecule has 0 fully saturated rings. The van der Waals surface area contributed by atoms with Crippen LogP contribution in [0, 0.1) is 0 Å². The molecular weight excluding hydrogens is 455 g/mol. The van der Waals surface area contributed by atoms with Crippen molar-refractivity contribution in [3.05, 3.63) is 70.8 Å². The van der Waals surface area contributed by atoms with E-state index in [9.17, 15) is 26.4 Å². The number of halogens is 3. The quantitative estimate of drug-likeness (QED) is 0.681. The van der Waals surface area contributed by atoms with E-state index in [1.165, 1.54) is 13.2 Å². The van der Waals surface area contributed by atoms with E-state index in [0.29, 0.717) is 11.8 Å². The molecule has 1 aliphatic rings. The summed E-state index contributed by atoms with van der Waals surface area (Å²) in [6, 6.07) is 12.3. The molecule has 0 saturated heterocycles. The Morgan fingerprint density at radius 1 is 1.13 bits per heavy atom. The number of benzene rings is 2. The molecule has 1 atom stereocenters. The van der Waals surface area contributed by atoms with Gasteiger partial charge in [-0.1, -0.05) is 24.3 Å². The minimum atomic E-state index is -4.64. The van der Waals surface area contributed by atoms with Gasteiger partial charge in [-0.25, -0.2) is 8.42 Å². The van der Waals surface area contributed by atoms with Gasteiger partial charge in [0.05, 0.1) is 18.4 Å². The van der Waals surface area contributed by atoms with Crippen LogP contribution in [-0.2, 0) is 25.5 Å². The summed E-state index contributed by atoms with van der Waals surface area (Å²) in [6.45, 7) is 0. The molecule has 166 valence electrons. The molecule has 2 aromatic rings. The summed E-state index contributed by atoms with van der Waals surface area (Å²) in [5.74, 6) is -1.50. The fraction of sp³-hybridized carbons (Fsp3) is 0.250. The van der Waals surface area contributed by atoms with Crippen molar-refractivity contribution in [2.75, 3.05) is 24.4 Å². The number of nitrogens with one attached hydrogen (secondary N) is 1. The van der Waals surface area contributed by atoms with Gasteiger partial charge in [-0.2, -0.15) is 13.2 Å². The van der Waals surface area contributed by atoms with Crippen molar-refractivity contribution < 1.29 is 35.9 Å². The van der Waals surface area contributed by atoms with Crippen LogP contribution in [0.3, 0.4) is 0 Å². The van der Waals surface area contributed by atoms with Crippen molar-refractivity contribution in [2.45, 2.75) is 11.1 Å². The number of hydrogen-bond acceptors (Lipinski definition) is 6. The molecule has 6 nitrogen and oxygen atoms in total. The van der Waals surface area contributed by atoms with Gasteiger partial charge in [0.2, 0.25) is 0 Å². The van der Waals surface area contributed by atoms with Crippen LogP contribution in [-0.4, -0.2) is 38.4 Å². The maximum atomic E-state index is 13.1. The van der Waals surface area contributed by atoms with Crippen molar-refractivity contribution in [3.63, 3.8) is 0 Å². The maximum absolute atomic E-state index is 13.1. The van der Waals surface area contributed by atoms with Gasteiger partial charge < -0.3 is 14.8 Å². The monoisotopic (exact) mass is 473 g/mol. The molecule has 1 aliphatic heterocycles. The Bertz CT molecular complexity index is 1120. The number of thioether (sulfide) groups is 1. The van der Waals surface area contributed by atoms with Crippen LogP contribution in [0.1, 0.15) is 5.56 Å². The predicted molar refractivity (Wildman–Crippen MR) is 111 cm³/mol. The second kappa shape index (κ2) is 8.46. The number of alkyl halides is 3. The highest BCUT2D eigenvalue weighted by Gasteiger charge is 2.55. The molecule has 3 rings (SSSR count). The molecule has 0 spiro atoms. The fourth-order valence-corrected chi connectivity index (χ4v) is 5.90. The Morgan fingerprint density at radius 3 is 2.39 bits per heavy atom. The van der Waals surface area contributed by atoms with Crippen LogP contribution >= 0.6 is 11.8 Å². The number of carbonyl (C=O) groups is 1. The first-order valence-electron chi connectivity index (χ1n) is 8.82. The van der Waals surface area contributed by atoms with Crippen molar-refractivity contribution >= 4 is 33.2 Å². The molecule has 0 saturated carbocycles. The third-order valence-corrected chi connectivity index (χ3v) is 7.45. The van der Waals surface area contributed by atoms with E-state index < -0.39 is 32.4 Å². The molecule has 1 unspecified atom stereocenters. The van der Waals surface area contributed by atoms with Crippen molar-refractivity contribution in [3.8, 4) is 5.75 Å². The van der Waals surface area contributed by atoms with Crippen LogP contribution in [0.2, 0.25) is 0 Å². The zero-order valence-electron chi connectivity index (χ0n) is 16.4. The number of carbonyl (C=O) groups excluding carboxylic acids is 1. The molecule has 0 aromatic heterocycles. The first-order chi connectivity index (χ1) is 14.5. The van der Waals surface area contributed by atoms with E-state index in [1.807, 2.05) is 0 Å². The molecular formula is C20H18F3NO5S2. The average molecular weight is 473 g/mol. The summed E-state index contributed by atoms with van der Waals surface area (Å²) in [5.41, 5.74) is -0.518. The fourth-order valence-electron chi connectivity index (χ4n) is 2.95. The standard InChI is InChI=1S/C20H18F3NO5S2/c1-28-17-16(18(25)24-14-8-4-3-5-9-14)30-12-19(17,31(2,26)27)29-15-10-6-7-13(11-15)20(21,22)23/h3-11H,12H2,1-2H3,(H,24,25). The molecule has 31 heavy (non-hydrogen) atoms. The number of hydrogen-bond donors (Lipinski definition) is 1. The highest BCUT2D eigenvalue weighted by molar-refractivity contribution is 8.05. The second-order valence-electron chi connectivity index (χ2n) is 6.62. The maximum Gasteiger partial charge on any atom is 0.416 e. The van der Waals surface area contributed by atoms with E-state index >= 15 is 0 Å². The third kappa shape index (κ3) is 4.67. The molecule has 0 aliphatic carbocycles. The van der Waals surface area contributed by atoms with Crippen LogP contribution in [0.5, 0.6) is 5.75 Å². The average Bonchev–Trinajstić information content (AvgIpc) is 3.08. The summed E-state index contributed by atoms with van der Waals surface area (Å²) >= 11 is 0.881. The number of rotatable bonds is 6. The zero-order chi connectivity index (χ0) is 22.9. The Kier molecular flexibility index (Phi) is 6.28. The Labute approximate surface area is 181 Å². The number of sulfone groups is 1. The third-order valence-electron chi connectivity index (χ3n) is 4.44. The van der Waals surface area contributed by atoms with Gasteiger partial charge in [-0.05, 0) is 30.3 Å². The van der Waals surface area contributed by atoms with E-state index in [2.05, 4.69) is 5.32 Å². The molecule has 1 N–H and O–H groups in total. The number of para-hydroxylation sites is 1.